The molecule has 3 heteroatoms. The average molecular weight is 207 g/mol. The van der Waals surface area contributed by atoms with Gasteiger partial charge in [0.05, 0.1) is 5.71 Å². The van der Waals surface area contributed by atoms with E-state index in [1.807, 2.05) is 13.8 Å². The van der Waals surface area contributed by atoms with Gasteiger partial charge in [-0.2, -0.15) is 0 Å². The van der Waals surface area contributed by atoms with Crippen molar-refractivity contribution in [3.8, 4) is 0 Å². The van der Waals surface area contributed by atoms with Crippen molar-refractivity contribution in [1.82, 2.24) is 0 Å². The molecule has 0 aromatic heterocycles. The highest BCUT2D eigenvalue weighted by Crippen LogP contribution is 2.14. The molecular weight excluding hydrogens is 193 g/mol. The Morgan fingerprint density at radius 1 is 1.40 bits per heavy atom. The van der Waals surface area contributed by atoms with Gasteiger partial charge in [-0.25, -0.2) is 4.39 Å². The largest absolute Gasteiger partial charge is 0.411 e. The number of hydrogen-bond acceptors (Lipinski definition) is 2. The van der Waals surface area contributed by atoms with E-state index in [9.17, 15) is 4.39 Å². The Bertz CT molecular complexity index is 379. The van der Waals surface area contributed by atoms with E-state index in [0.29, 0.717) is 12.1 Å². The van der Waals surface area contributed by atoms with Crippen LogP contribution in [0.2, 0.25) is 0 Å². The summed E-state index contributed by atoms with van der Waals surface area (Å²) in [7, 11) is 0. The van der Waals surface area contributed by atoms with Gasteiger partial charge in [0.1, 0.15) is 5.82 Å². The summed E-state index contributed by atoms with van der Waals surface area (Å²) in [6.45, 7) is 3.80. The molecule has 2 nitrogen and oxygen atoms in total. The average Bonchev–Trinajstić information content (AvgIpc) is 2.26. The lowest BCUT2D eigenvalue weighted by Gasteiger charge is -2.01. The number of halogens is 1. The molecule has 0 fully saturated rings. The van der Waals surface area contributed by atoms with Crippen molar-refractivity contribution in [2.75, 3.05) is 0 Å². The Morgan fingerprint density at radius 3 is 2.47 bits per heavy atom. The van der Waals surface area contributed by atoms with Gasteiger partial charge in [0.2, 0.25) is 0 Å². The zero-order valence-corrected chi connectivity index (χ0v) is 8.87. The fourth-order valence-electron chi connectivity index (χ4n) is 1.25. The van der Waals surface area contributed by atoms with Gasteiger partial charge in [0.15, 0.2) is 0 Å². The molecule has 0 aliphatic rings. The van der Waals surface area contributed by atoms with E-state index in [4.69, 9.17) is 5.21 Å². The van der Waals surface area contributed by atoms with Crippen LogP contribution < -0.4 is 0 Å². The van der Waals surface area contributed by atoms with Crippen molar-refractivity contribution in [1.29, 1.82) is 0 Å². The molecule has 0 radical (unpaired) electrons. The number of oxime groups is 1. The highest BCUT2D eigenvalue weighted by molar-refractivity contribution is 5.99. The Morgan fingerprint density at radius 2 is 2.00 bits per heavy atom. The summed E-state index contributed by atoms with van der Waals surface area (Å²) in [6, 6.07) is 6.22. The molecule has 1 rings (SSSR count). The van der Waals surface area contributed by atoms with Gasteiger partial charge in [0.25, 0.3) is 0 Å². The van der Waals surface area contributed by atoms with Crippen molar-refractivity contribution in [2.24, 2.45) is 5.16 Å². The fraction of sp³-hybridized carbons (Fsp3) is 0.250. The number of nitrogens with zero attached hydrogens (tertiary/aromatic N) is 1. The first-order valence-electron chi connectivity index (χ1n) is 4.82. The standard InChI is InChI=1S/C12H14FNO/c1-3-12(14-15)8-9(2)10-4-6-11(13)7-5-10/h4-8,15H,3H2,1-2H3/b9-8+,14-12-. The minimum Gasteiger partial charge on any atom is -0.411 e. The normalized spacial score (nSPS) is 13.0. The molecule has 1 aromatic rings. The molecular formula is C12H14FNO. The third-order valence-electron chi connectivity index (χ3n) is 2.17. The van der Waals surface area contributed by atoms with Crippen molar-refractivity contribution in [3.05, 3.63) is 41.7 Å². The predicted octanol–water partition coefficient (Wildman–Crippen LogP) is 3.47. The zero-order valence-electron chi connectivity index (χ0n) is 8.87. The van der Waals surface area contributed by atoms with E-state index in [2.05, 4.69) is 5.16 Å². The van der Waals surface area contributed by atoms with E-state index >= 15 is 0 Å². The van der Waals surface area contributed by atoms with Crippen LogP contribution in [0.3, 0.4) is 0 Å². The first kappa shape index (κ1) is 11.4. The van der Waals surface area contributed by atoms with Gasteiger partial charge < -0.3 is 5.21 Å². The Labute approximate surface area is 88.7 Å². The van der Waals surface area contributed by atoms with Crippen LogP contribution in [-0.2, 0) is 0 Å². The third-order valence-corrected chi connectivity index (χ3v) is 2.17. The minimum absolute atomic E-state index is 0.252. The lowest BCUT2D eigenvalue weighted by atomic mass is 10.1. The highest BCUT2D eigenvalue weighted by Gasteiger charge is 1.98. The van der Waals surface area contributed by atoms with Crippen LogP contribution in [0.15, 0.2) is 35.5 Å². The predicted molar refractivity (Wildman–Crippen MR) is 59.6 cm³/mol. The van der Waals surface area contributed by atoms with Crippen molar-refractivity contribution < 1.29 is 9.60 Å². The zero-order chi connectivity index (χ0) is 11.3. The first-order chi connectivity index (χ1) is 7.17. The molecule has 0 atom stereocenters. The molecule has 1 aromatic carbocycles. The molecule has 0 unspecified atom stereocenters. The first-order valence-corrected chi connectivity index (χ1v) is 4.82. The highest BCUT2D eigenvalue weighted by atomic mass is 19.1. The van der Waals surface area contributed by atoms with E-state index in [0.717, 1.165) is 11.1 Å². The van der Waals surface area contributed by atoms with Crippen LogP contribution in [0, 0.1) is 5.82 Å². The summed E-state index contributed by atoms with van der Waals surface area (Å²) in [4.78, 5) is 0. The van der Waals surface area contributed by atoms with Gasteiger partial charge >= 0.3 is 0 Å². The molecule has 80 valence electrons. The molecule has 0 bridgehead atoms. The van der Waals surface area contributed by atoms with E-state index in [-0.39, 0.29) is 5.82 Å². The summed E-state index contributed by atoms with van der Waals surface area (Å²) in [5.41, 5.74) is 2.48. The molecule has 0 saturated carbocycles. The van der Waals surface area contributed by atoms with Crippen molar-refractivity contribution in [2.45, 2.75) is 20.3 Å². The second kappa shape index (κ2) is 5.29. The van der Waals surface area contributed by atoms with Gasteiger partial charge in [0, 0.05) is 0 Å². The number of allylic oxidation sites excluding steroid dienone is 2. The van der Waals surface area contributed by atoms with E-state index in [1.54, 1.807) is 18.2 Å². The van der Waals surface area contributed by atoms with Crippen molar-refractivity contribution >= 4 is 11.3 Å². The number of hydrogen-bond donors (Lipinski definition) is 1. The lowest BCUT2D eigenvalue weighted by Crippen LogP contribution is -1.92. The molecule has 0 heterocycles. The maximum Gasteiger partial charge on any atom is 0.123 e. The summed E-state index contributed by atoms with van der Waals surface area (Å²) < 4.78 is 12.7. The molecule has 0 saturated heterocycles. The SMILES string of the molecule is CCC(/C=C(\C)c1ccc(F)cc1)=N/O. The minimum atomic E-state index is -0.252. The van der Waals surface area contributed by atoms with E-state index in [1.165, 1.54) is 12.1 Å². The maximum absolute atomic E-state index is 12.7. The van der Waals surface area contributed by atoms with Crippen LogP contribution in [0.5, 0.6) is 0 Å². The van der Waals surface area contributed by atoms with Crippen molar-refractivity contribution in [3.63, 3.8) is 0 Å². The Balaban J connectivity index is 2.93. The molecule has 0 aliphatic heterocycles. The fourth-order valence-corrected chi connectivity index (χ4v) is 1.25. The van der Waals surface area contributed by atoms with E-state index < -0.39 is 0 Å². The number of rotatable bonds is 3. The van der Waals surface area contributed by atoms with Gasteiger partial charge in [-0.15, -0.1) is 0 Å². The number of benzene rings is 1. The molecule has 0 spiro atoms. The smallest absolute Gasteiger partial charge is 0.123 e. The van der Waals surface area contributed by atoms with Gasteiger partial charge in [-0.3, -0.25) is 0 Å². The molecule has 15 heavy (non-hydrogen) atoms. The topological polar surface area (TPSA) is 32.6 Å². The summed E-state index contributed by atoms with van der Waals surface area (Å²) >= 11 is 0. The van der Waals surface area contributed by atoms with Crippen LogP contribution in [-0.4, -0.2) is 10.9 Å². The Hall–Kier alpha value is -1.64. The molecule has 0 aliphatic carbocycles. The second-order valence-electron chi connectivity index (χ2n) is 3.28. The van der Waals surface area contributed by atoms with Gasteiger partial charge in [-0.05, 0) is 42.7 Å². The molecule has 0 amide bonds. The Kier molecular flexibility index (Phi) is 4.03. The van der Waals surface area contributed by atoms with Gasteiger partial charge in [-0.1, -0.05) is 24.2 Å². The van der Waals surface area contributed by atoms with Crippen LogP contribution in [0.25, 0.3) is 5.57 Å². The van der Waals surface area contributed by atoms with Crippen LogP contribution in [0.1, 0.15) is 25.8 Å². The quantitative estimate of drug-likeness (QED) is 0.459. The lowest BCUT2D eigenvalue weighted by molar-refractivity contribution is 0.318. The van der Waals surface area contributed by atoms with Crippen LogP contribution in [0.4, 0.5) is 4.39 Å². The third kappa shape index (κ3) is 3.20. The molecule has 1 N–H and O–H groups in total. The van der Waals surface area contributed by atoms with Crippen LogP contribution >= 0.6 is 0 Å². The maximum atomic E-state index is 12.7. The second-order valence-corrected chi connectivity index (χ2v) is 3.28. The monoisotopic (exact) mass is 207 g/mol. The summed E-state index contributed by atoms with van der Waals surface area (Å²) in [6.07, 6.45) is 2.45. The summed E-state index contributed by atoms with van der Waals surface area (Å²) in [5, 5.41) is 11.8. The summed E-state index contributed by atoms with van der Waals surface area (Å²) in [5.74, 6) is -0.252.